The normalized spacial score (nSPS) is 10.8. The molecule has 0 aliphatic heterocycles. The van der Waals surface area contributed by atoms with Crippen molar-refractivity contribution < 1.29 is 9.13 Å². The van der Waals surface area contributed by atoms with Crippen molar-refractivity contribution in [1.82, 2.24) is 10.3 Å². The zero-order valence-corrected chi connectivity index (χ0v) is 11.8. The van der Waals surface area contributed by atoms with Crippen molar-refractivity contribution in [2.75, 3.05) is 0 Å². The number of benzene rings is 1. The Labute approximate surface area is 118 Å². The summed E-state index contributed by atoms with van der Waals surface area (Å²) in [6, 6.07) is 10.8. The first-order valence-electron chi connectivity index (χ1n) is 6.70. The monoisotopic (exact) mass is 274 g/mol. The predicted octanol–water partition coefficient (Wildman–Crippen LogP) is 3.30. The van der Waals surface area contributed by atoms with Gasteiger partial charge in [-0.2, -0.15) is 0 Å². The van der Waals surface area contributed by atoms with Gasteiger partial charge in [0.25, 0.3) is 0 Å². The first kappa shape index (κ1) is 14.5. The van der Waals surface area contributed by atoms with Crippen LogP contribution in [0.2, 0.25) is 0 Å². The van der Waals surface area contributed by atoms with E-state index in [9.17, 15) is 4.39 Å². The highest BCUT2D eigenvalue weighted by Gasteiger charge is 2.07. The molecule has 0 saturated carbocycles. The third-order valence-electron chi connectivity index (χ3n) is 2.87. The van der Waals surface area contributed by atoms with E-state index in [4.69, 9.17) is 4.74 Å². The van der Waals surface area contributed by atoms with E-state index in [-0.39, 0.29) is 12.4 Å². The maximum atomic E-state index is 13.5. The van der Waals surface area contributed by atoms with Crippen LogP contribution in [-0.4, -0.2) is 11.0 Å². The number of rotatable bonds is 6. The molecule has 0 amide bonds. The summed E-state index contributed by atoms with van der Waals surface area (Å²) in [5.74, 6) is 0.286. The van der Waals surface area contributed by atoms with Crippen LogP contribution in [0.15, 0.2) is 42.6 Å². The van der Waals surface area contributed by atoms with E-state index in [0.717, 1.165) is 5.56 Å². The van der Waals surface area contributed by atoms with Crippen LogP contribution in [0, 0.1) is 5.82 Å². The molecule has 106 valence electrons. The van der Waals surface area contributed by atoms with Gasteiger partial charge in [0.15, 0.2) is 0 Å². The Hall–Kier alpha value is -1.94. The van der Waals surface area contributed by atoms with Gasteiger partial charge in [-0.25, -0.2) is 9.37 Å². The fourth-order valence-electron chi connectivity index (χ4n) is 1.76. The highest BCUT2D eigenvalue weighted by atomic mass is 19.1. The zero-order chi connectivity index (χ0) is 14.4. The molecule has 1 N–H and O–H groups in total. The number of ether oxygens (including phenoxy) is 1. The lowest BCUT2D eigenvalue weighted by Crippen LogP contribution is -2.22. The van der Waals surface area contributed by atoms with Crippen LogP contribution in [0.3, 0.4) is 0 Å². The molecule has 2 aromatic rings. The van der Waals surface area contributed by atoms with Gasteiger partial charge < -0.3 is 10.1 Å². The highest BCUT2D eigenvalue weighted by molar-refractivity contribution is 5.26. The third-order valence-corrected chi connectivity index (χ3v) is 2.87. The minimum atomic E-state index is -0.259. The second-order valence-electron chi connectivity index (χ2n) is 4.88. The first-order chi connectivity index (χ1) is 9.66. The van der Waals surface area contributed by atoms with Crippen LogP contribution >= 0.6 is 0 Å². The van der Waals surface area contributed by atoms with E-state index in [1.54, 1.807) is 24.4 Å². The molecule has 0 unspecified atom stereocenters. The maximum absolute atomic E-state index is 13.5. The smallest absolute Gasteiger partial charge is 0.218 e. The van der Waals surface area contributed by atoms with Crippen LogP contribution in [-0.2, 0) is 13.2 Å². The SMILES string of the molecule is CC(C)NCc1cccnc1OCc1ccccc1F. The van der Waals surface area contributed by atoms with E-state index in [1.807, 2.05) is 12.1 Å². The molecular weight excluding hydrogens is 255 g/mol. The average Bonchev–Trinajstić information content (AvgIpc) is 2.45. The molecule has 0 atom stereocenters. The Morgan fingerprint density at radius 3 is 2.65 bits per heavy atom. The van der Waals surface area contributed by atoms with Gasteiger partial charge in [-0.15, -0.1) is 0 Å². The molecule has 20 heavy (non-hydrogen) atoms. The van der Waals surface area contributed by atoms with E-state index in [1.165, 1.54) is 6.07 Å². The van der Waals surface area contributed by atoms with Gasteiger partial charge in [-0.05, 0) is 12.1 Å². The molecule has 0 spiro atoms. The number of nitrogens with one attached hydrogen (secondary N) is 1. The lowest BCUT2D eigenvalue weighted by atomic mass is 10.2. The summed E-state index contributed by atoms with van der Waals surface area (Å²) >= 11 is 0. The second kappa shape index (κ2) is 7.01. The Balaban J connectivity index is 2.04. The van der Waals surface area contributed by atoms with Crippen molar-refractivity contribution in [3.8, 4) is 5.88 Å². The summed E-state index contributed by atoms with van der Waals surface area (Å²) in [6.45, 7) is 5.02. The minimum Gasteiger partial charge on any atom is -0.472 e. The first-order valence-corrected chi connectivity index (χ1v) is 6.70. The van der Waals surface area contributed by atoms with Crippen molar-refractivity contribution in [2.45, 2.75) is 33.0 Å². The fraction of sp³-hybridized carbons (Fsp3) is 0.312. The van der Waals surface area contributed by atoms with Gasteiger partial charge >= 0.3 is 0 Å². The second-order valence-corrected chi connectivity index (χ2v) is 4.88. The van der Waals surface area contributed by atoms with Gasteiger partial charge in [-0.1, -0.05) is 38.1 Å². The van der Waals surface area contributed by atoms with Gasteiger partial charge in [-0.3, -0.25) is 0 Å². The van der Waals surface area contributed by atoms with Crippen molar-refractivity contribution in [3.63, 3.8) is 0 Å². The maximum Gasteiger partial charge on any atom is 0.218 e. The van der Waals surface area contributed by atoms with Crippen LogP contribution in [0.4, 0.5) is 4.39 Å². The molecule has 1 heterocycles. The Morgan fingerprint density at radius 2 is 1.90 bits per heavy atom. The molecule has 3 nitrogen and oxygen atoms in total. The Bertz CT molecular complexity index is 558. The van der Waals surface area contributed by atoms with Crippen LogP contribution in [0.25, 0.3) is 0 Å². The quantitative estimate of drug-likeness (QED) is 0.877. The van der Waals surface area contributed by atoms with Crippen molar-refractivity contribution in [3.05, 3.63) is 59.5 Å². The molecule has 0 saturated heterocycles. The van der Waals surface area contributed by atoms with Gasteiger partial charge in [0.2, 0.25) is 5.88 Å². The van der Waals surface area contributed by atoms with Crippen molar-refractivity contribution in [1.29, 1.82) is 0 Å². The average molecular weight is 274 g/mol. The summed E-state index contributed by atoms with van der Waals surface area (Å²) in [4.78, 5) is 4.22. The Morgan fingerprint density at radius 1 is 1.15 bits per heavy atom. The highest BCUT2D eigenvalue weighted by Crippen LogP contribution is 2.17. The van der Waals surface area contributed by atoms with E-state index < -0.39 is 0 Å². The lowest BCUT2D eigenvalue weighted by Gasteiger charge is -2.12. The van der Waals surface area contributed by atoms with Gasteiger partial charge in [0, 0.05) is 29.9 Å². The molecule has 0 bridgehead atoms. The summed E-state index contributed by atoms with van der Waals surface area (Å²) in [7, 11) is 0. The van der Waals surface area contributed by atoms with Crippen LogP contribution in [0.5, 0.6) is 5.88 Å². The third kappa shape index (κ3) is 4.03. The molecule has 0 radical (unpaired) electrons. The van der Waals surface area contributed by atoms with Crippen LogP contribution < -0.4 is 10.1 Å². The molecule has 2 rings (SSSR count). The molecule has 1 aromatic heterocycles. The van der Waals surface area contributed by atoms with Crippen LogP contribution in [0.1, 0.15) is 25.0 Å². The molecular formula is C16H19FN2O. The molecule has 0 aliphatic carbocycles. The standard InChI is InChI=1S/C16H19FN2O/c1-12(2)19-10-13-7-5-9-18-16(13)20-11-14-6-3-4-8-15(14)17/h3-9,12,19H,10-11H2,1-2H3. The summed E-state index contributed by atoms with van der Waals surface area (Å²) in [6.07, 6.45) is 1.68. The number of nitrogens with zero attached hydrogens (tertiary/aromatic N) is 1. The number of halogens is 1. The number of hydrogen-bond donors (Lipinski definition) is 1. The zero-order valence-electron chi connectivity index (χ0n) is 11.8. The van der Waals surface area contributed by atoms with Gasteiger partial charge in [0.1, 0.15) is 12.4 Å². The van der Waals surface area contributed by atoms with E-state index in [2.05, 4.69) is 24.1 Å². The summed E-state index contributed by atoms with van der Waals surface area (Å²) < 4.78 is 19.2. The number of pyridine rings is 1. The molecule has 0 aliphatic rings. The molecule has 4 heteroatoms. The topological polar surface area (TPSA) is 34.2 Å². The fourth-order valence-corrected chi connectivity index (χ4v) is 1.76. The van der Waals surface area contributed by atoms with E-state index in [0.29, 0.717) is 24.0 Å². The Kier molecular flexibility index (Phi) is 5.07. The molecule has 1 aromatic carbocycles. The molecule has 0 fully saturated rings. The van der Waals surface area contributed by atoms with Crippen molar-refractivity contribution in [2.24, 2.45) is 0 Å². The lowest BCUT2D eigenvalue weighted by molar-refractivity contribution is 0.283. The minimum absolute atomic E-state index is 0.179. The van der Waals surface area contributed by atoms with E-state index >= 15 is 0 Å². The largest absolute Gasteiger partial charge is 0.472 e. The number of aromatic nitrogens is 1. The predicted molar refractivity (Wildman–Crippen MR) is 76.9 cm³/mol. The number of hydrogen-bond acceptors (Lipinski definition) is 3. The summed E-state index contributed by atoms with van der Waals surface area (Å²) in [5.41, 5.74) is 1.50. The van der Waals surface area contributed by atoms with Crippen molar-refractivity contribution >= 4 is 0 Å². The van der Waals surface area contributed by atoms with Gasteiger partial charge in [0.05, 0.1) is 0 Å². The summed E-state index contributed by atoms with van der Waals surface area (Å²) in [5, 5.41) is 3.32.